The summed E-state index contributed by atoms with van der Waals surface area (Å²) in [7, 11) is 0. The Hall–Kier alpha value is -2.09. The van der Waals surface area contributed by atoms with E-state index in [0.717, 1.165) is 23.9 Å². The van der Waals surface area contributed by atoms with Crippen molar-refractivity contribution in [3.8, 4) is 11.5 Å². The quantitative estimate of drug-likeness (QED) is 0.518. The second-order valence-corrected chi connectivity index (χ2v) is 7.47. The molecule has 6 nitrogen and oxygen atoms in total. The number of hydrogen-bond donors (Lipinski definition) is 1. The Morgan fingerprint density at radius 1 is 1.21 bits per heavy atom. The lowest BCUT2D eigenvalue weighted by Crippen LogP contribution is -2.16. The Kier molecular flexibility index (Phi) is 8.34. The van der Waals surface area contributed by atoms with E-state index < -0.39 is 0 Å². The topological polar surface area (TPSA) is 66.0 Å². The first-order chi connectivity index (χ1) is 14.2. The molecule has 0 bridgehead atoms. The molecule has 29 heavy (non-hydrogen) atoms. The first kappa shape index (κ1) is 21.6. The van der Waals surface area contributed by atoms with Crippen molar-refractivity contribution in [2.45, 2.75) is 25.9 Å². The molecule has 0 aromatic heterocycles. The van der Waals surface area contributed by atoms with E-state index in [1.54, 1.807) is 24.3 Å². The van der Waals surface area contributed by atoms with Crippen LogP contribution in [0.5, 0.6) is 11.5 Å². The molecule has 7 heteroatoms. The van der Waals surface area contributed by atoms with E-state index in [0.29, 0.717) is 49.2 Å². The molecule has 1 N–H and O–H groups in total. The molecule has 2 aromatic carbocycles. The minimum Gasteiger partial charge on any atom is -0.491 e. The van der Waals surface area contributed by atoms with Crippen LogP contribution in [0.15, 0.2) is 46.9 Å². The van der Waals surface area contributed by atoms with Crippen LogP contribution < -0.4 is 14.8 Å². The van der Waals surface area contributed by atoms with Crippen LogP contribution in [0.3, 0.4) is 0 Å². The first-order valence-corrected chi connectivity index (χ1v) is 10.6. The normalized spacial score (nSPS) is 15.9. The van der Waals surface area contributed by atoms with Gasteiger partial charge in [-0.05, 0) is 66.0 Å². The number of carbonyl (C=O) groups excluding carboxylic acids is 1. The third kappa shape index (κ3) is 6.73. The number of carbonyl (C=O) groups is 1. The van der Waals surface area contributed by atoms with Gasteiger partial charge in [-0.1, -0.05) is 6.07 Å². The van der Waals surface area contributed by atoms with Crippen molar-refractivity contribution in [2.24, 2.45) is 0 Å². The van der Waals surface area contributed by atoms with Gasteiger partial charge in [-0.25, -0.2) is 0 Å². The number of hydrogen-bond acceptors (Lipinski definition) is 5. The van der Waals surface area contributed by atoms with E-state index in [4.69, 9.17) is 18.9 Å². The van der Waals surface area contributed by atoms with Crippen LogP contribution in [0.4, 0.5) is 5.69 Å². The van der Waals surface area contributed by atoms with Gasteiger partial charge in [-0.15, -0.1) is 0 Å². The lowest BCUT2D eigenvalue weighted by atomic mass is 10.2. The summed E-state index contributed by atoms with van der Waals surface area (Å²) in [5.41, 5.74) is 1.20. The van der Waals surface area contributed by atoms with Gasteiger partial charge in [0.25, 0.3) is 5.91 Å². The highest BCUT2D eigenvalue weighted by molar-refractivity contribution is 9.10. The van der Waals surface area contributed by atoms with Crippen LogP contribution in [-0.2, 0) is 9.47 Å². The van der Waals surface area contributed by atoms with Crippen molar-refractivity contribution in [2.75, 3.05) is 38.4 Å². The highest BCUT2D eigenvalue weighted by Gasteiger charge is 2.17. The molecule has 1 amide bonds. The zero-order chi connectivity index (χ0) is 20.5. The molecule has 2 aromatic rings. The molecular formula is C22H26BrNO5. The number of ether oxygens (including phenoxy) is 4. The summed E-state index contributed by atoms with van der Waals surface area (Å²) in [5, 5.41) is 2.89. The van der Waals surface area contributed by atoms with Crippen molar-refractivity contribution in [3.63, 3.8) is 0 Å². The summed E-state index contributed by atoms with van der Waals surface area (Å²) in [6, 6.07) is 12.6. The highest BCUT2D eigenvalue weighted by Crippen LogP contribution is 2.27. The lowest BCUT2D eigenvalue weighted by Gasteiger charge is -2.13. The zero-order valence-corrected chi connectivity index (χ0v) is 18.1. The maximum atomic E-state index is 12.6. The van der Waals surface area contributed by atoms with Crippen LogP contribution in [0.25, 0.3) is 0 Å². The van der Waals surface area contributed by atoms with Crippen molar-refractivity contribution >= 4 is 27.5 Å². The Morgan fingerprint density at radius 2 is 2.10 bits per heavy atom. The van der Waals surface area contributed by atoms with E-state index in [-0.39, 0.29) is 12.0 Å². The summed E-state index contributed by atoms with van der Waals surface area (Å²) in [5.74, 6) is 1.17. The van der Waals surface area contributed by atoms with Gasteiger partial charge in [0.2, 0.25) is 0 Å². The van der Waals surface area contributed by atoms with Gasteiger partial charge in [0.1, 0.15) is 24.7 Å². The van der Waals surface area contributed by atoms with Crippen molar-refractivity contribution < 1.29 is 23.7 Å². The Morgan fingerprint density at radius 3 is 2.86 bits per heavy atom. The van der Waals surface area contributed by atoms with Crippen LogP contribution in [0, 0.1) is 0 Å². The summed E-state index contributed by atoms with van der Waals surface area (Å²) >= 11 is 3.49. The fourth-order valence-electron chi connectivity index (χ4n) is 2.95. The zero-order valence-electron chi connectivity index (χ0n) is 16.5. The molecule has 156 valence electrons. The highest BCUT2D eigenvalue weighted by atomic mass is 79.9. The van der Waals surface area contributed by atoms with Crippen LogP contribution in [-0.4, -0.2) is 45.0 Å². The van der Waals surface area contributed by atoms with E-state index in [1.807, 2.05) is 25.1 Å². The Balaban J connectivity index is 1.55. The standard InChI is InChI=1S/C22H26BrNO5/c1-2-26-11-12-28-18-6-3-5-17(14-18)24-22(25)16-8-9-21(20(23)13-16)29-15-19-7-4-10-27-19/h3,5-6,8-9,13-14,19H,2,4,7,10-12,15H2,1H3,(H,24,25). The van der Waals surface area contributed by atoms with Gasteiger partial charge in [-0.2, -0.15) is 0 Å². The number of halogens is 1. The van der Waals surface area contributed by atoms with Gasteiger partial charge in [0.15, 0.2) is 0 Å². The fraction of sp³-hybridized carbons (Fsp3) is 0.409. The molecule has 0 aliphatic carbocycles. The van der Waals surface area contributed by atoms with Gasteiger partial charge < -0.3 is 24.3 Å². The molecule has 3 rings (SSSR count). The predicted octanol–water partition coefficient (Wildman–Crippen LogP) is 4.67. The van der Waals surface area contributed by atoms with E-state index in [1.165, 1.54) is 0 Å². The summed E-state index contributed by atoms with van der Waals surface area (Å²) in [6.07, 6.45) is 2.24. The number of amides is 1. The largest absolute Gasteiger partial charge is 0.491 e. The van der Waals surface area contributed by atoms with Crippen LogP contribution >= 0.6 is 15.9 Å². The summed E-state index contributed by atoms with van der Waals surface area (Å²) in [4.78, 5) is 12.6. The molecule has 1 aliphatic rings. The summed E-state index contributed by atoms with van der Waals surface area (Å²) < 4.78 is 23.0. The monoisotopic (exact) mass is 463 g/mol. The number of benzene rings is 2. The van der Waals surface area contributed by atoms with Crippen LogP contribution in [0.1, 0.15) is 30.1 Å². The van der Waals surface area contributed by atoms with Crippen LogP contribution in [0.2, 0.25) is 0 Å². The third-order valence-electron chi connectivity index (χ3n) is 4.44. The Bertz CT molecular complexity index is 808. The molecule has 1 saturated heterocycles. The van der Waals surface area contributed by atoms with Crippen molar-refractivity contribution in [1.29, 1.82) is 0 Å². The molecule has 0 spiro atoms. The lowest BCUT2D eigenvalue weighted by molar-refractivity contribution is 0.0677. The molecular weight excluding hydrogens is 438 g/mol. The minimum absolute atomic E-state index is 0.146. The second kappa shape index (κ2) is 11.2. The van der Waals surface area contributed by atoms with E-state index >= 15 is 0 Å². The fourth-order valence-corrected chi connectivity index (χ4v) is 3.44. The maximum absolute atomic E-state index is 12.6. The number of rotatable bonds is 10. The molecule has 1 aliphatic heterocycles. The van der Waals surface area contributed by atoms with E-state index in [2.05, 4.69) is 21.2 Å². The average Bonchev–Trinajstić information content (AvgIpc) is 3.24. The smallest absolute Gasteiger partial charge is 0.255 e. The molecule has 1 fully saturated rings. The van der Waals surface area contributed by atoms with Gasteiger partial charge in [0.05, 0.1) is 17.2 Å². The molecule has 0 saturated carbocycles. The predicted molar refractivity (Wildman–Crippen MR) is 115 cm³/mol. The molecule has 0 radical (unpaired) electrons. The average molecular weight is 464 g/mol. The molecule has 1 unspecified atom stereocenters. The van der Waals surface area contributed by atoms with Gasteiger partial charge in [0, 0.05) is 30.5 Å². The van der Waals surface area contributed by atoms with Gasteiger partial charge in [-0.3, -0.25) is 4.79 Å². The van der Waals surface area contributed by atoms with E-state index in [9.17, 15) is 4.79 Å². The SMILES string of the molecule is CCOCCOc1cccc(NC(=O)c2ccc(OCC3CCCO3)c(Br)c2)c1. The van der Waals surface area contributed by atoms with Crippen molar-refractivity contribution in [3.05, 3.63) is 52.5 Å². The number of nitrogens with one attached hydrogen (secondary N) is 1. The van der Waals surface area contributed by atoms with Crippen molar-refractivity contribution in [1.82, 2.24) is 0 Å². The minimum atomic E-state index is -0.206. The first-order valence-electron chi connectivity index (χ1n) is 9.81. The molecule has 1 atom stereocenters. The third-order valence-corrected chi connectivity index (χ3v) is 5.05. The number of anilines is 1. The summed E-state index contributed by atoms with van der Waals surface area (Å²) in [6.45, 7) is 4.91. The molecule has 1 heterocycles. The maximum Gasteiger partial charge on any atom is 0.255 e. The second-order valence-electron chi connectivity index (χ2n) is 6.62. The van der Waals surface area contributed by atoms with Gasteiger partial charge >= 0.3 is 0 Å². The Labute approximate surface area is 179 Å².